The highest BCUT2D eigenvalue weighted by Crippen LogP contribution is 2.29. The van der Waals surface area contributed by atoms with Gasteiger partial charge >= 0.3 is 5.69 Å². The fourth-order valence-corrected chi connectivity index (χ4v) is 3.78. The van der Waals surface area contributed by atoms with E-state index in [0.717, 1.165) is 18.3 Å². The topological polar surface area (TPSA) is 127 Å². The molecule has 0 atom stereocenters. The molecule has 2 aromatic carbocycles. The van der Waals surface area contributed by atoms with Crippen LogP contribution in [0.25, 0.3) is 0 Å². The third-order valence-corrected chi connectivity index (χ3v) is 6.42. The Hall–Kier alpha value is -3.67. The summed E-state index contributed by atoms with van der Waals surface area (Å²) < 4.78 is 53.0. The molecule has 1 aromatic heterocycles. The number of aromatic nitrogens is 2. The summed E-state index contributed by atoms with van der Waals surface area (Å²) in [7, 11) is -3.66. The van der Waals surface area contributed by atoms with E-state index >= 15 is 0 Å². The molecule has 1 heterocycles. The summed E-state index contributed by atoms with van der Waals surface area (Å²) in [5, 5.41) is 15.5. The van der Waals surface area contributed by atoms with E-state index in [1.165, 1.54) is 32.0 Å². The number of nitro groups is 1. The lowest BCUT2D eigenvalue weighted by atomic mass is 10.2. The van der Waals surface area contributed by atoms with Crippen molar-refractivity contribution in [1.29, 1.82) is 0 Å². The molecular formula is C19H17F2N5O4S. The van der Waals surface area contributed by atoms with E-state index in [2.05, 4.69) is 20.6 Å². The molecular weight excluding hydrogens is 432 g/mol. The molecule has 0 aliphatic carbocycles. The van der Waals surface area contributed by atoms with Crippen LogP contribution in [0.1, 0.15) is 13.8 Å². The number of nitrogens with one attached hydrogen (secondary N) is 2. The van der Waals surface area contributed by atoms with Gasteiger partial charge in [0.2, 0.25) is 11.8 Å². The maximum absolute atomic E-state index is 14.3. The van der Waals surface area contributed by atoms with Gasteiger partial charge in [-0.15, -0.1) is 0 Å². The highest BCUT2D eigenvalue weighted by Gasteiger charge is 2.23. The van der Waals surface area contributed by atoms with Crippen molar-refractivity contribution in [2.75, 3.05) is 10.6 Å². The lowest BCUT2D eigenvalue weighted by Crippen LogP contribution is -2.16. The van der Waals surface area contributed by atoms with E-state index < -0.39 is 37.3 Å². The lowest BCUT2D eigenvalue weighted by molar-refractivity contribution is -0.387. The molecule has 12 heteroatoms. The summed E-state index contributed by atoms with van der Waals surface area (Å²) in [6.45, 7) is 3.06. The van der Waals surface area contributed by atoms with Crippen LogP contribution in [0.5, 0.6) is 0 Å². The molecule has 0 unspecified atom stereocenters. The van der Waals surface area contributed by atoms with Gasteiger partial charge in [0.05, 0.1) is 27.0 Å². The molecule has 0 spiro atoms. The lowest BCUT2D eigenvalue weighted by Gasteiger charge is -2.15. The van der Waals surface area contributed by atoms with Crippen LogP contribution in [-0.2, 0) is 9.84 Å². The summed E-state index contributed by atoms with van der Waals surface area (Å²) >= 11 is 0. The van der Waals surface area contributed by atoms with Crippen molar-refractivity contribution in [2.24, 2.45) is 0 Å². The van der Waals surface area contributed by atoms with Crippen molar-refractivity contribution in [1.82, 2.24) is 9.97 Å². The highest BCUT2D eigenvalue weighted by atomic mass is 32.2. The molecule has 0 amide bonds. The maximum Gasteiger partial charge on any atom is 0.306 e. The normalized spacial score (nSPS) is 11.4. The molecule has 3 aromatic rings. The first kappa shape index (κ1) is 22.0. The molecule has 31 heavy (non-hydrogen) atoms. The Kier molecular flexibility index (Phi) is 6.11. The van der Waals surface area contributed by atoms with Crippen LogP contribution >= 0.6 is 0 Å². The Morgan fingerprint density at radius 1 is 1.06 bits per heavy atom. The van der Waals surface area contributed by atoms with Crippen LogP contribution < -0.4 is 10.6 Å². The quantitative estimate of drug-likeness (QED) is 0.403. The zero-order valence-corrected chi connectivity index (χ0v) is 17.2. The molecule has 162 valence electrons. The van der Waals surface area contributed by atoms with Gasteiger partial charge < -0.3 is 10.6 Å². The molecule has 0 saturated heterocycles. The Balaban J connectivity index is 1.94. The van der Waals surface area contributed by atoms with Gasteiger partial charge in [-0.1, -0.05) is 12.1 Å². The summed E-state index contributed by atoms with van der Waals surface area (Å²) in [4.78, 5) is 17.7. The van der Waals surface area contributed by atoms with Crippen molar-refractivity contribution >= 4 is 38.7 Å². The van der Waals surface area contributed by atoms with Gasteiger partial charge in [-0.05, 0) is 38.1 Å². The SMILES string of the molecule is CC(C)S(=O)(=O)c1ccccc1Nc1nc(Nc2ccc(F)c([N+](=O)[O-])c2)ncc1F. The van der Waals surface area contributed by atoms with E-state index in [-0.39, 0.29) is 28.0 Å². The number of hydrogen-bond donors (Lipinski definition) is 2. The number of rotatable bonds is 7. The van der Waals surface area contributed by atoms with E-state index in [0.29, 0.717) is 0 Å². The average molecular weight is 449 g/mol. The third-order valence-electron chi connectivity index (χ3n) is 4.21. The summed E-state index contributed by atoms with van der Waals surface area (Å²) in [5.74, 6) is -2.33. The van der Waals surface area contributed by atoms with Crippen molar-refractivity contribution < 1.29 is 22.1 Å². The summed E-state index contributed by atoms with van der Waals surface area (Å²) in [5.41, 5.74) is -0.524. The van der Waals surface area contributed by atoms with Crippen molar-refractivity contribution in [2.45, 2.75) is 24.0 Å². The molecule has 0 radical (unpaired) electrons. The van der Waals surface area contributed by atoms with E-state index in [1.54, 1.807) is 12.1 Å². The number of halogens is 2. The second-order valence-electron chi connectivity index (χ2n) is 6.65. The van der Waals surface area contributed by atoms with Crippen LogP contribution in [-0.4, -0.2) is 28.6 Å². The molecule has 0 aliphatic heterocycles. The smallest absolute Gasteiger partial charge is 0.306 e. The summed E-state index contributed by atoms with van der Waals surface area (Å²) in [6.07, 6.45) is 0.842. The molecule has 0 bridgehead atoms. The molecule has 9 nitrogen and oxygen atoms in total. The minimum atomic E-state index is -3.66. The predicted molar refractivity (Wildman–Crippen MR) is 110 cm³/mol. The predicted octanol–water partition coefficient (Wildman–Crippen LogP) is 4.33. The van der Waals surface area contributed by atoms with Crippen LogP contribution in [0.15, 0.2) is 53.6 Å². The van der Waals surface area contributed by atoms with Gasteiger partial charge in [-0.25, -0.2) is 17.8 Å². The standard InChI is InChI=1S/C19H17F2N5O4S/c1-11(2)31(29,30)17-6-4-3-5-15(17)24-18-14(21)10-22-19(25-18)23-12-7-8-13(20)16(9-12)26(27)28/h3-11H,1-2H3,(H2,22,23,24,25). The molecule has 0 aliphatic rings. The number of para-hydroxylation sites is 1. The van der Waals surface area contributed by atoms with Crippen molar-refractivity contribution in [3.63, 3.8) is 0 Å². The van der Waals surface area contributed by atoms with E-state index in [9.17, 15) is 27.3 Å². The highest BCUT2D eigenvalue weighted by molar-refractivity contribution is 7.92. The second-order valence-corrected chi connectivity index (χ2v) is 9.13. The monoisotopic (exact) mass is 449 g/mol. The molecule has 2 N–H and O–H groups in total. The van der Waals surface area contributed by atoms with E-state index in [4.69, 9.17) is 0 Å². The first-order valence-corrected chi connectivity index (χ1v) is 10.5. The largest absolute Gasteiger partial charge is 0.337 e. The fourth-order valence-electron chi connectivity index (χ4n) is 2.57. The minimum Gasteiger partial charge on any atom is -0.337 e. The van der Waals surface area contributed by atoms with E-state index in [1.807, 2.05) is 0 Å². The summed E-state index contributed by atoms with van der Waals surface area (Å²) in [6, 6.07) is 9.06. The Morgan fingerprint density at radius 3 is 2.45 bits per heavy atom. The molecule has 0 fully saturated rings. The zero-order chi connectivity index (χ0) is 22.8. The first-order valence-electron chi connectivity index (χ1n) is 8.93. The maximum atomic E-state index is 14.3. The Labute approximate surface area is 176 Å². The van der Waals surface area contributed by atoms with Crippen LogP contribution in [0.3, 0.4) is 0 Å². The Bertz CT molecular complexity index is 1250. The Morgan fingerprint density at radius 2 is 1.77 bits per heavy atom. The number of nitrogens with zero attached hydrogens (tertiary/aromatic N) is 3. The number of anilines is 4. The van der Waals surface area contributed by atoms with Crippen molar-refractivity contribution in [3.8, 4) is 0 Å². The van der Waals surface area contributed by atoms with Gasteiger partial charge in [0.25, 0.3) is 0 Å². The molecule has 0 saturated carbocycles. The van der Waals surface area contributed by atoms with Crippen LogP contribution in [0.4, 0.5) is 37.6 Å². The number of sulfone groups is 1. The average Bonchev–Trinajstić information content (AvgIpc) is 2.72. The number of hydrogen-bond acceptors (Lipinski definition) is 8. The van der Waals surface area contributed by atoms with Gasteiger partial charge in [0, 0.05) is 11.8 Å². The third kappa shape index (κ3) is 4.74. The molecule has 3 rings (SSSR count). The number of nitro benzene ring substituents is 1. The van der Waals surface area contributed by atoms with Crippen LogP contribution in [0, 0.1) is 21.7 Å². The van der Waals surface area contributed by atoms with Gasteiger partial charge in [-0.2, -0.15) is 9.37 Å². The van der Waals surface area contributed by atoms with Gasteiger partial charge in [-0.3, -0.25) is 10.1 Å². The first-order chi connectivity index (χ1) is 14.6. The second kappa shape index (κ2) is 8.60. The fraction of sp³-hybridized carbons (Fsp3) is 0.158. The van der Waals surface area contributed by atoms with Gasteiger partial charge in [0.15, 0.2) is 21.5 Å². The van der Waals surface area contributed by atoms with Crippen molar-refractivity contribution in [3.05, 3.63) is 70.4 Å². The van der Waals surface area contributed by atoms with Gasteiger partial charge in [0.1, 0.15) is 0 Å². The minimum absolute atomic E-state index is 0.0216. The number of benzene rings is 2. The zero-order valence-electron chi connectivity index (χ0n) is 16.3. The van der Waals surface area contributed by atoms with Crippen LogP contribution in [0.2, 0.25) is 0 Å².